The van der Waals surface area contributed by atoms with E-state index in [1.165, 1.54) is 0 Å². The Hall–Kier alpha value is -2.15. The van der Waals surface area contributed by atoms with Gasteiger partial charge in [0, 0.05) is 18.3 Å². The average Bonchev–Trinajstić information content (AvgIpc) is 3.00. The van der Waals surface area contributed by atoms with Crippen molar-refractivity contribution in [2.75, 3.05) is 12.5 Å². The molecule has 7 heteroatoms. The molecule has 106 valence electrons. The number of nitrogens with one attached hydrogen (secondary N) is 1. The summed E-state index contributed by atoms with van der Waals surface area (Å²) in [6.07, 6.45) is 3.02. The predicted molar refractivity (Wildman–Crippen MR) is 75.4 cm³/mol. The lowest BCUT2D eigenvalue weighted by atomic mass is 10.2. The van der Waals surface area contributed by atoms with E-state index in [1.807, 2.05) is 14.0 Å². The summed E-state index contributed by atoms with van der Waals surface area (Å²) in [6, 6.07) is 0. The topological polar surface area (TPSA) is 90.9 Å². The Morgan fingerprint density at radius 1 is 1.30 bits per heavy atom. The average molecular weight is 274 g/mol. The summed E-state index contributed by atoms with van der Waals surface area (Å²) in [6.45, 7) is 1.92. The Morgan fingerprint density at radius 3 is 2.80 bits per heavy atom. The minimum atomic E-state index is 0.612. The fourth-order valence-corrected chi connectivity index (χ4v) is 2.79. The minimum Gasteiger partial charge on any atom is -0.481 e. The molecule has 3 rings (SSSR count). The molecule has 0 amide bonds. The molecule has 0 bridgehead atoms. The molecule has 0 aromatic carbocycles. The largest absolute Gasteiger partial charge is 0.481 e. The van der Waals surface area contributed by atoms with Crippen molar-refractivity contribution < 1.29 is 4.74 Å². The van der Waals surface area contributed by atoms with Crippen molar-refractivity contribution in [3.05, 3.63) is 17.0 Å². The molecule has 7 nitrogen and oxygen atoms in total. The SMILES string of the molecule is COc1c(-c2nc3c(c(NN)n2)CCC3)c(C)nn1C. The Bertz CT molecular complexity index is 663. The molecule has 2 aromatic heterocycles. The maximum absolute atomic E-state index is 5.59. The first-order chi connectivity index (χ1) is 9.65. The van der Waals surface area contributed by atoms with Gasteiger partial charge in [0.25, 0.3) is 0 Å². The van der Waals surface area contributed by atoms with Gasteiger partial charge < -0.3 is 10.2 Å². The monoisotopic (exact) mass is 274 g/mol. The number of nitrogen functional groups attached to an aromatic ring is 1. The molecule has 0 spiro atoms. The van der Waals surface area contributed by atoms with E-state index < -0.39 is 0 Å². The van der Waals surface area contributed by atoms with Crippen molar-refractivity contribution in [1.82, 2.24) is 19.7 Å². The van der Waals surface area contributed by atoms with Gasteiger partial charge in [0.05, 0.1) is 12.8 Å². The van der Waals surface area contributed by atoms with E-state index in [-0.39, 0.29) is 0 Å². The first-order valence-electron chi connectivity index (χ1n) is 6.60. The van der Waals surface area contributed by atoms with E-state index in [1.54, 1.807) is 11.8 Å². The lowest BCUT2D eigenvalue weighted by Crippen LogP contribution is -2.13. The number of methoxy groups -OCH3 is 1. The first-order valence-corrected chi connectivity index (χ1v) is 6.60. The van der Waals surface area contributed by atoms with Gasteiger partial charge in [-0.3, -0.25) is 0 Å². The van der Waals surface area contributed by atoms with Crippen molar-refractivity contribution in [2.24, 2.45) is 12.9 Å². The molecule has 1 aliphatic rings. The van der Waals surface area contributed by atoms with Gasteiger partial charge in [-0.25, -0.2) is 20.5 Å². The molecule has 0 aliphatic heterocycles. The van der Waals surface area contributed by atoms with E-state index in [0.717, 1.165) is 41.8 Å². The van der Waals surface area contributed by atoms with Crippen LogP contribution in [0.1, 0.15) is 23.4 Å². The Kier molecular flexibility index (Phi) is 3.06. The summed E-state index contributed by atoms with van der Waals surface area (Å²) in [5.41, 5.74) is 6.53. The maximum atomic E-state index is 5.59. The number of aryl methyl sites for hydroxylation is 3. The van der Waals surface area contributed by atoms with Crippen LogP contribution >= 0.6 is 0 Å². The number of aromatic nitrogens is 4. The summed E-state index contributed by atoms with van der Waals surface area (Å²) in [5, 5.41) is 4.37. The number of hydrogen-bond donors (Lipinski definition) is 2. The van der Waals surface area contributed by atoms with Gasteiger partial charge in [-0.15, -0.1) is 0 Å². The molecule has 0 unspecified atom stereocenters. The van der Waals surface area contributed by atoms with Crippen molar-refractivity contribution in [1.29, 1.82) is 0 Å². The van der Waals surface area contributed by atoms with Crippen LogP contribution in [-0.4, -0.2) is 26.9 Å². The van der Waals surface area contributed by atoms with Gasteiger partial charge in [0.15, 0.2) is 5.82 Å². The van der Waals surface area contributed by atoms with Crippen LogP contribution in [0, 0.1) is 6.92 Å². The lowest BCUT2D eigenvalue weighted by Gasteiger charge is -2.10. The highest BCUT2D eigenvalue weighted by Gasteiger charge is 2.24. The molecule has 2 heterocycles. The smallest absolute Gasteiger partial charge is 0.222 e. The third-order valence-electron chi connectivity index (χ3n) is 3.66. The number of anilines is 1. The van der Waals surface area contributed by atoms with Crippen LogP contribution in [0.5, 0.6) is 5.88 Å². The minimum absolute atomic E-state index is 0.612. The van der Waals surface area contributed by atoms with Gasteiger partial charge in [-0.2, -0.15) is 5.10 Å². The summed E-state index contributed by atoms with van der Waals surface area (Å²) >= 11 is 0. The number of hydrogen-bond acceptors (Lipinski definition) is 6. The van der Waals surface area contributed by atoms with E-state index in [9.17, 15) is 0 Å². The summed E-state index contributed by atoms with van der Waals surface area (Å²) in [4.78, 5) is 9.21. The lowest BCUT2D eigenvalue weighted by molar-refractivity contribution is 0.374. The molecule has 0 saturated heterocycles. The van der Waals surface area contributed by atoms with Crippen LogP contribution < -0.4 is 16.0 Å². The Balaban J connectivity index is 2.21. The van der Waals surface area contributed by atoms with E-state index >= 15 is 0 Å². The second-order valence-electron chi connectivity index (χ2n) is 4.91. The molecule has 0 saturated carbocycles. The fourth-order valence-electron chi connectivity index (χ4n) is 2.79. The van der Waals surface area contributed by atoms with Crippen LogP contribution in [0.4, 0.5) is 5.82 Å². The molecule has 2 aromatic rings. The number of ether oxygens (including phenoxy) is 1. The fraction of sp³-hybridized carbons (Fsp3) is 0.462. The number of nitrogens with zero attached hydrogens (tertiary/aromatic N) is 4. The zero-order valence-electron chi connectivity index (χ0n) is 11.9. The van der Waals surface area contributed by atoms with Gasteiger partial charge in [0.2, 0.25) is 5.88 Å². The van der Waals surface area contributed by atoms with Crippen LogP contribution in [0.3, 0.4) is 0 Å². The van der Waals surface area contributed by atoms with Crippen molar-refractivity contribution in [2.45, 2.75) is 26.2 Å². The highest BCUT2D eigenvalue weighted by Crippen LogP contribution is 2.34. The molecule has 0 atom stereocenters. The van der Waals surface area contributed by atoms with Crippen molar-refractivity contribution in [3.8, 4) is 17.3 Å². The molecule has 0 fully saturated rings. The highest BCUT2D eigenvalue weighted by molar-refractivity contribution is 5.67. The second kappa shape index (κ2) is 4.75. The van der Waals surface area contributed by atoms with Crippen LogP contribution in [-0.2, 0) is 19.9 Å². The summed E-state index contributed by atoms with van der Waals surface area (Å²) < 4.78 is 7.10. The van der Waals surface area contributed by atoms with Gasteiger partial charge >= 0.3 is 0 Å². The molecule has 3 N–H and O–H groups in total. The van der Waals surface area contributed by atoms with Crippen molar-refractivity contribution in [3.63, 3.8) is 0 Å². The van der Waals surface area contributed by atoms with E-state index in [0.29, 0.717) is 17.5 Å². The number of nitrogens with two attached hydrogens (primary N) is 1. The standard InChI is InChI=1S/C13H18N6O/c1-7-10(13(20-3)19(2)18-7)12-15-9-6-4-5-8(9)11(16-12)17-14/h4-6,14H2,1-3H3,(H,15,16,17). The number of hydrazine groups is 1. The third kappa shape index (κ3) is 1.82. The van der Waals surface area contributed by atoms with Crippen LogP contribution in [0.25, 0.3) is 11.4 Å². The number of fused-ring (bicyclic) bond motifs is 1. The van der Waals surface area contributed by atoms with Crippen LogP contribution in [0.15, 0.2) is 0 Å². The summed E-state index contributed by atoms with van der Waals surface area (Å²) in [5.74, 6) is 7.56. The van der Waals surface area contributed by atoms with E-state index in [2.05, 4.69) is 20.5 Å². The Labute approximate surface area is 117 Å². The van der Waals surface area contributed by atoms with Gasteiger partial charge in [-0.1, -0.05) is 0 Å². The maximum Gasteiger partial charge on any atom is 0.222 e. The molecular formula is C13H18N6O. The Morgan fingerprint density at radius 2 is 2.10 bits per heavy atom. The quantitative estimate of drug-likeness (QED) is 0.640. The molecule has 20 heavy (non-hydrogen) atoms. The predicted octanol–water partition coefficient (Wildman–Crippen LogP) is 0.968. The van der Waals surface area contributed by atoms with Crippen molar-refractivity contribution >= 4 is 5.82 Å². The first kappa shape index (κ1) is 12.9. The molecule has 1 aliphatic carbocycles. The van der Waals surface area contributed by atoms with Gasteiger partial charge in [0.1, 0.15) is 11.4 Å². The third-order valence-corrected chi connectivity index (χ3v) is 3.66. The zero-order chi connectivity index (χ0) is 14.3. The molecular weight excluding hydrogens is 256 g/mol. The normalized spacial score (nSPS) is 13.4. The zero-order valence-corrected chi connectivity index (χ0v) is 11.9. The van der Waals surface area contributed by atoms with Gasteiger partial charge in [-0.05, 0) is 26.2 Å². The van der Waals surface area contributed by atoms with Crippen LogP contribution in [0.2, 0.25) is 0 Å². The summed E-state index contributed by atoms with van der Waals surface area (Å²) in [7, 11) is 3.46. The molecule has 0 radical (unpaired) electrons. The van der Waals surface area contributed by atoms with E-state index in [4.69, 9.17) is 10.6 Å². The number of rotatable bonds is 3. The second-order valence-corrected chi connectivity index (χ2v) is 4.91. The highest BCUT2D eigenvalue weighted by atomic mass is 16.5.